The molecule has 20 aromatic rings. The average Bonchev–Trinajstić information content (AvgIpc) is 1.49. The molecule has 0 radical (unpaired) electrons. The number of terminal acetylenes is 1. The number of fused-ring (bicyclic) bond motifs is 15. The molecule has 0 atom stereocenters. The summed E-state index contributed by atoms with van der Waals surface area (Å²) >= 11 is 2.30. The number of aromatic nitrogens is 4. The second-order valence-electron chi connectivity index (χ2n) is 28.1. The fourth-order valence-electron chi connectivity index (χ4n) is 15.9. The number of benzene rings is 16. The van der Waals surface area contributed by atoms with Crippen molar-refractivity contribution in [2.45, 2.75) is 6.42 Å². The summed E-state index contributed by atoms with van der Waals surface area (Å²) < 4.78 is 113. The van der Waals surface area contributed by atoms with Gasteiger partial charge in [0.2, 0.25) is 0 Å². The van der Waals surface area contributed by atoms with Crippen LogP contribution in [0.4, 0.5) is 35.1 Å². The minimum atomic E-state index is -1.75. The van der Waals surface area contributed by atoms with E-state index in [1.54, 1.807) is 30.3 Å². The molecule has 0 amide bonds. The molecule has 0 saturated carbocycles. The highest BCUT2D eigenvalue weighted by molar-refractivity contribution is 9.10. The van der Waals surface area contributed by atoms with Crippen molar-refractivity contribution in [2.75, 3.05) is 0 Å². The lowest BCUT2D eigenvalue weighted by Crippen LogP contribution is -2.16. The van der Waals surface area contributed by atoms with Gasteiger partial charge in [0.25, 0.3) is 0 Å². The lowest BCUT2D eigenvalue weighted by Gasteiger charge is -2.27. The van der Waals surface area contributed by atoms with Gasteiger partial charge in [-0.25, -0.2) is 35.1 Å². The van der Waals surface area contributed by atoms with Crippen LogP contribution >= 0.6 is 15.9 Å². The quantitative estimate of drug-likeness (QED) is 0.0761. The molecule has 4 heterocycles. The zero-order valence-corrected chi connectivity index (χ0v) is 65.7. The number of rotatable bonds is 4. The second-order valence-corrected chi connectivity index (χ2v) is 28.9. The zero-order chi connectivity index (χ0) is 84.2. The Labute approximate surface area is 702 Å². The maximum absolute atomic E-state index is 13.6. The first-order valence-corrected chi connectivity index (χ1v) is 39.1. The van der Waals surface area contributed by atoms with E-state index in [2.05, 4.69) is 319 Å². The van der Waals surface area contributed by atoms with Gasteiger partial charge in [0.05, 0.1) is 76.9 Å². The van der Waals surface area contributed by atoms with Gasteiger partial charge in [-0.3, -0.25) is 0 Å². The lowest BCUT2D eigenvalue weighted by atomic mass is 9.98. The standard InChI is InChI=1S/C63H37N5.C15H5F4N.C13H10.C8H6.C7BrF4N/c64-40-51-62(67-56-34-16-8-26-46(56)47-27-9-17-35-57(47)67)60(65-52-30-12-4-22-42(52)43-23-5-13-31-53(43)65)50(39-38-41-20-2-1-3-21-41)61(66-54-32-14-6-24-44(54)45-25-7-15-33-55(45)66)63(51)68-58-36-18-10-28-48(58)49-29-11-19-37-59(49)68;16-12-10(7-6-9-4-2-1-3-5-9)13(17)15(19)11(8-20)14(12)18;1-3-7-12-10(5-1)9-11-6-2-4-8-13(11)12;1-2-8-6-4-3-5-7-8;8-3-6(11)4(9)2(1-13)5(10)7(3)12/h1-37H;1-5H;1-8H,9H2;1,3-7H;. The van der Waals surface area contributed by atoms with Crippen molar-refractivity contribution in [2.24, 2.45) is 0 Å². The molecule has 7 nitrogen and oxygen atoms in total. The largest absolute Gasteiger partial charge is 0.306 e. The van der Waals surface area contributed by atoms with E-state index < -0.39 is 67.7 Å². The molecule has 0 spiro atoms. The van der Waals surface area contributed by atoms with Crippen LogP contribution in [0, 0.1) is 117 Å². The molecule has 0 saturated heterocycles. The molecule has 0 N–H and O–H groups in total. The van der Waals surface area contributed by atoms with Crippen LogP contribution < -0.4 is 0 Å². The Morgan fingerprint density at radius 2 is 0.459 bits per heavy atom. The van der Waals surface area contributed by atoms with Crippen LogP contribution in [-0.4, -0.2) is 18.3 Å². The summed E-state index contributed by atoms with van der Waals surface area (Å²) in [6.07, 6.45) is 6.20. The monoisotopic (exact) mass is 1660 g/mol. The van der Waals surface area contributed by atoms with Gasteiger partial charge in [-0.05, 0) is 130 Å². The number of nitrogens with zero attached hydrogens (tertiary/aromatic N) is 7. The Morgan fingerprint density at radius 1 is 0.238 bits per heavy atom. The number of hydrogen-bond donors (Lipinski definition) is 0. The van der Waals surface area contributed by atoms with Crippen LogP contribution in [0.3, 0.4) is 0 Å². The molecule has 0 fully saturated rings. The van der Waals surface area contributed by atoms with Crippen molar-refractivity contribution in [3.63, 3.8) is 0 Å². The maximum atomic E-state index is 13.6. The Bertz CT molecular complexity index is 7360. The number of hydrogen-bond acceptors (Lipinski definition) is 3. The SMILES string of the molecule is C#Cc1ccccc1.N#Cc1c(-n2c3ccccc3c3ccccc32)c(-n2c3ccccc3c3ccccc32)c(C#Cc2ccccc2)c(-n2c3ccccc3c3ccccc32)c1-n1c2ccccc2c2ccccc21.N#Cc1c(F)c(F)c(Br)c(F)c1F.N#Cc1c(F)c(F)c(C#Cc2ccccc2)c(F)c1F.c1ccc2c(c1)Cc1ccccc1-2. The third kappa shape index (κ3) is 14.0. The molecule has 21 rings (SSSR count). The van der Waals surface area contributed by atoms with Crippen molar-refractivity contribution in [3.05, 3.63) is 440 Å². The first-order valence-electron chi connectivity index (χ1n) is 38.3. The van der Waals surface area contributed by atoms with Gasteiger partial charge in [0.15, 0.2) is 46.5 Å². The zero-order valence-electron chi connectivity index (χ0n) is 64.1. The molecule has 122 heavy (non-hydrogen) atoms. The Morgan fingerprint density at radius 3 is 0.730 bits per heavy atom. The molecular weight excluding hydrogens is 1600 g/mol. The van der Waals surface area contributed by atoms with Gasteiger partial charge in [0, 0.05) is 59.8 Å². The van der Waals surface area contributed by atoms with E-state index in [-0.39, 0.29) is 0 Å². The van der Waals surface area contributed by atoms with Gasteiger partial charge in [-0.15, -0.1) is 6.42 Å². The summed E-state index contributed by atoms with van der Waals surface area (Å²) in [5.74, 6) is 1.14. The van der Waals surface area contributed by atoms with Gasteiger partial charge < -0.3 is 18.3 Å². The van der Waals surface area contributed by atoms with Crippen LogP contribution in [0.2, 0.25) is 0 Å². The molecule has 0 aliphatic heterocycles. The van der Waals surface area contributed by atoms with Crippen molar-refractivity contribution in [1.82, 2.24) is 18.3 Å². The molecule has 1 aliphatic rings. The van der Waals surface area contributed by atoms with E-state index in [4.69, 9.17) is 16.9 Å². The second kappa shape index (κ2) is 33.8. The highest BCUT2D eigenvalue weighted by atomic mass is 79.9. The molecule has 580 valence electrons. The third-order valence-corrected chi connectivity index (χ3v) is 22.0. The summed E-state index contributed by atoms with van der Waals surface area (Å²) in [4.78, 5) is 0. The number of halogens is 9. The molecular formula is C106H58BrF8N7. The number of para-hydroxylation sites is 8. The molecule has 16 aromatic carbocycles. The van der Waals surface area contributed by atoms with Gasteiger partial charge in [-0.2, -0.15) is 15.8 Å². The third-order valence-electron chi connectivity index (χ3n) is 21.3. The van der Waals surface area contributed by atoms with E-state index >= 15 is 0 Å². The van der Waals surface area contributed by atoms with E-state index in [9.17, 15) is 40.4 Å². The average molecular weight is 1660 g/mol. The predicted molar refractivity (Wildman–Crippen MR) is 472 cm³/mol. The fraction of sp³-hybridized carbons (Fsp3) is 0.00943. The van der Waals surface area contributed by atoms with Gasteiger partial charge >= 0.3 is 0 Å². The van der Waals surface area contributed by atoms with Crippen molar-refractivity contribution in [3.8, 4) is 88.1 Å². The highest BCUT2D eigenvalue weighted by Crippen LogP contribution is 2.49. The molecule has 1 aliphatic carbocycles. The molecule has 0 bridgehead atoms. The van der Waals surface area contributed by atoms with Crippen LogP contribution in [0.5, 0.6) is 0 Å². The van der Waals surface area contributed by atoms with E-state index in [1.807, 2.05) is 54.5 Å². The summed E-state index contributed by atoms with van der Waals surface area (Å²) in [6, 6.07) is 119. The Hall–Kier alpha value is -16.2. The lowest BCUT2D eigenvalue weighted by molar-refractivity contribution is 0.443. The van der Waals surface area contributed by atoms with E-state index in [1.165, 1.54) is 22.3 Å². The topological polar surface area (TPSA) is 91.1 Å². The predicted octanol–water partition coefficient (Wildman–Crippen LogP) is 26.7. The smallest absolute Gasteiger partial charge is 0.181 e. The summed E-state index contributed by atoms with van der Waals surface area (Å²) in [6.45, 7) is 0. The Balaban J connectivity index is 0.000000156. The van der Waals surface area contributed by atoms with E-state index in [0.29, 0.717) is 11.1 Å². The van der Waals surface area contributed by atoms with Crippen molar-refractivity contribution < 1.29 is 35.1 Å². The summed E-state index contributed by atoms with van der Waals surface area (Å²) in [5, 5.41) is 38.0. The van der Waals surface area contributed by atoms with Gasteiger partial charge in [0.1, 0.15) is 40.5 Å². The highest BCUT2D eigenvalue weighted by Gasteiger charge is 2.35. The van der Waals surface area contributed by atoms with Crippen molar-refractivity contribution in [1.29, 1.82) is 15.8 Å². The minimum Gasteiger partial charge on any atom is -0.306 e. The first-order chi connectivity index (χ1) is 59.7. The van der Waals surface area contributed by atoms with Crippen LogP contribution in [0.15, 0.2) is 338 Å². The van der Waals surface area contributed by atoms with Gasteiger partial charge in [-0.1, -0.05) is 278 Å². The van der Waals surface area contributed by atoms with E-state index in [0.717, 1.165) is 145 Å². The molecule has 0 unspecified atom stereocenters. The molecule has 4 aromatic heterocycles. The first kappa shape index (κ1) is 78.3. The fourth-order valence-corrected chi connectivity index (χ4v) is 16.3. The molecule has 16 heteroatoms. The van der Waals surface area contributed by atoms with Crippen LogP contribution in [0.1, 0.15) is 55.6 Å². The van der Waals surface area contributed by atoms with Crippen LogP contribution in [0.25, 0.3) is 121 Å². The summed E-state index contributed by atoms with van der Waals surface area (Å²) in [5.41, 5.74) is 16.8. The number of nitriles is 3. The normalized spacial score (nSPS) is 11.0. The van der Waals surface area contributed by atoms with Crippen LogP contribution in [-0.2, 0) is 6.42 Å². The minimum absolute atomic E-state index is 0.427. The maximum Gasteiger partial charge on any atom is 0.181 e. The van der Waals surface area contributed by atoms with Crippen molar-refractivity contribution >= 4 is 103 Å². The Kier molecular flexibility index (Phi) is 21.7. The summed E-state index contributed by atoms with van der Waals surface area (Å²) in [7, 11) is 0.